The van der Waals surface area contributed by atoms with E-state index in [1.807, 2.05) is 20.8 Å². The molecule has 0 saturated heterocycles. The molecule has 0 atom stereocenters. The van der Waals surface area contributed by atoms with E-state index in [2.05, 4.69) is 12.5 Å². The van der Waals surface area contributed by atoms with Crippen molar-refractivity contribution in [1.29, 1.82) is 5.41 Å². The Hall–Kier alpha value is -1.03. The second-order valence-corrected chi connectivity index (χ2v) is 3.25. The second kappa shape index (κ2) is 2.70. The van der Waals surface area contributed by atoms with E-state index in [9.17, 15) is 0 Å². The summed E-state index contributed by atoms with van der Waals surface area (Å²) in [7, 11) is 0. The Morgan fingerprint density at radius 3 is 2.00 bits per heavy atom. The van der Waals surface area contributed by atoms with E-state index in [4.69, 9.17) is 11.8 Å². The van der Waals surface area contributed by atoms with Crippen molar-refractivity contribution in [3.05, 3.63) is 12.2 Å². The van der Waals surface area contributed by atoms with Crippen LogP contribution < -0.4 is 0 Å². The van der Waals surface area contributed by atoms with Gasteiger partial charge in [0.1, 0.15) is 5.71 Å². The lowest BCUT2D eigenvalue weighted by atomic mass is 9.85. The van der Waals surface area contributed by atoms with E-state index in [-0.39, 0.29) is 11.1 Å². The number of rotatable bonds is 1. The maximum atomic E-state index is 7.26. The Morgan fingerprint density at radius 1 is 1.50 bits per heavy atom. The molecule has 0 aliphatic carbocycles. The molecule has 0 spiro atoms. The summed E-state index contributed by atoms with van der Waals surface area (Å²) in [6.07, 6.45) is 5.03. The van der Waals surface area contributed by atoms with Crippen LogP contribution in [0.4, 0.5) is 0 Å². The zero-order valence-electron chi connectivity index (χ0n) is 6.78. The predicted octanol–water partition coefficient (Wildman–Crippen LogP) is 2.24. The Labute approximate surface area is 62.7 Å². The van der Waals surface area contributed by atoms with Crippen LogP contribution in [0.3, 0.4) is 0 Å². The molecule has 54 valence electrons. The van der Waals surface area contributed by atoms with Crippen LogP contribution in [0.1, 0.15) is 20.8 Å². The minimum atomic E-state index is -0.0799. The van der Waals surface area contributed by atoms with Crippen molar-refractivity contribution in [3.63, 3.8) is 0 Å². The molecule has 0 bridgehead atoms. The summed E-state index contributed by atoms with van der Waals surface area (Å²) in [6.45, 7) is 9.69. The van der Waals surface area contributed by atoms with Crippen LogP contribution in [-0.2, 0) is 0 Å². The monoisotopic (exact) mass is 135 g/mol. The third kappa shape index (κ3) is 2.06. The van der Waals surface area contributed by atoms with Gasteiger partial charge in [-0.25, -0.2) is 0 Å². The van der Waals surface area contributed by atoms with Gasteiger partial charge in [-0.1, -0.05) is 33.3 Å². The summed E-state index contributed by atoms with van der Waals surface area (Å²) in [5, 5.41) is 7.26. The van der Waals surface area contributed by atoms with Crippen LogP contribution in [0, 0.1) is 23.2 Å². The molecule has 0 aliphatic heterocycles. The Balaban J connectivity index is 4.43. The Morgan fingerprint density at radius 2 is 1.90 bits per heavy atom. The lowest BCUT2D eigenvalue weighted by molar-refractivity contribution is 0.526. The van der Waals surface area contributed by atoms with E-state index in [1.54, 1.807) is 0 Å². The average Bonchev–Trinajstić information content (AvgIpc) is 1.83. The molecule has 0 amide bonds. The average molecular weight is 135 g/mol. The fourth-order valence-electron chi connectivity index (χ4n) is 0.462. The first kappa shape index (κ1) is 8.97. The first-order valence-corrected chi connectivity index (χ1v) is 3.14. The molecular formula is C9H13N. The van der Waals surface area contributed by atoms with E-state index < -0.39 is 0 Å². The van der Waals surface area contributed by atoms with Crippen LogP contribution in [0.5, 0.6) is 0 Å². The summed E-state index contributed by atoms with van der Waals surface area (Å²) in [4.78, 5) is 0. The van der Waals surface area contributed by atoms with Crippen LogP contribution in [-0.4, -0.2) is 5.71 Å². The molecule has 0 saturated carbocycles. The molecule has 0 aromatic heterocycles. The van der Waals surface area contributed by atoms with Crippen molar-refractivity contribution < 1.29 is 0 Å². The van der Waals surface area contributed by atoms with Gasteiger partial charge in [0.2, 0.25) is 0 Å². The van der Waals surface area contributed by atoms with Crippen molar-refractivity contribution in [2.45, 2.75) is 20.8 Å². The molecule has 0 rings (SSSR count). The topological polar surface area (TPSA) is 23.9 Å². The maximum absolute atomic E-state index is 7.26. The van der Waals surface area contributed by atoms with E-state index in [0.717, 1.165) is 5.57 Å². The van der Waals surface area contributed by atoms with Crippen molar-refractivity contribution >= 4 is 5.71 Å². The molecule has 10 heavy (non-hydrogen) atoms. The third-order valence-electron chi connectivity index (χ3n) is 1.35. The fourth-order valence-corrected chi connectivity index (χ4v) is 0.462. The summed E-state index contributed by atoms with van der Waals surface area (Å²) >= 11 is 0. The van der Waals surface area contributed by atoms with Crippen LogP contribution >= 0.6 is 0 Å². The molecule has 0 fully saturated rings. The highest BCUT2D eigenvalue weighted by Gasteiger charge is 2.16. The highest BCUT2D eigenvalue weighted by Crippen LogP contribution is 2.23. The molecule has 1 N–H and O–H groups in total. The summed E-state index contributed by atoms with van der Waals surface area (Å²) in [6, 6.07) is 0. The van der Waals surface area contributed by atoms with Crippen LogP contribution in [0.25, 0.3) is 0 Å². The summed E-state index contributed by atoms with van der Waals surface area (Å²) in [5.41, 5.74) is 0.839. The van der Waals surface area contributed by atoms with Gasteiger partial charge in [-0.15, -0.1) is 6.42 Å². The zero-order chi connectivity index (χ0) is 8.36. The van der Waals surface area contributed by atoms with Gasteiger partial charge >= 0.3 is 0 Å². The molecule has 0 aromatic rings. The van der Waals surface area contributed by atoms with Gasteiger partial charge < -0.3 is 0 Å². The van der Waals surface area contributed by atoms with Crippen molar-refractivity contribution in [1.82, 2.24) is 0 Å². The maximum Gasteiger partial charge on any atom is 0.107 e. The molecule has 0 heterocycles. The van der Waals surface area contributed by atoms with E-state index in [0.29, 0.717) is 0 Å². The predicted molar refractivity (Wildman–Crippen MR) is 45.2 cm³/mol. The fraction of sp³-hybridized carbons (Fsp3) is 0.444. The van der Waals surface area contributed by atoms with Gasteiger partial charge in [-0.3, -0.25) is 5.41 Å². The third-order valence-corrected chi connectivity index (χ3v) is 1.35. The first-order valence-electron chi connectivity index (χ1n) is 3.14. The number of hydrogen-bond donors (Lipinski definition) is 1. The molecule has 0 unspecified atom stereocenters. The Kier molecular flexibility index (Phi) is 2.42. The molecule has 1 heteroatoms. The minimum Gasteiger partial charge on any atom is -0.292 e. The smallest absolute Gasteiger partial charge is 0.107 e. The molecular weight excluding hydrogens is 122 g/mol. The quantitative estimate of drug-likeness (QED) is 0.421. The van der Waals surface area contributed by atoms with Crippen molar-refractivity contribution in [2.75, 3.05) is 0 Å². The number of terminal acetylenes is 1. The van der Waals surface area contributed by atoms with E-state index >= 15 is 0 Å². The van der Waals surface area contributed by atoms with Gasteiger partial charge in [0.25, 0.3) is 0 Å². The zero-order valence-corrected chi connectivity index (χ0v) is 6.78. The van der Waals surface area contributed by atoms with Gasteiger partial charge in [0, 0.05) is 0 Å². The normalized spacial score (nSPS) is 10.2. The van der Waals surface area contributed by atoms with Crippen molar-refractivity contribution in [3.8, 4) is 12.3 Å². The second-order valence-electron chi connectivity index (χ2n) is 3.25. The highest BCUT2D eigenvalue weighted by atomic mass is 14.4. The lowest BCUT2D eigenvalue weighted by Crippen LogP contribution is -2.14. The summed E-state index contributed by atoms with van der Waals surface area (Å²) in [5.74, 6) is 2.26. The minimum absolute atomic E-state index is 0.0799. The number of hydrogen-bond acceptors (Lipinski definition) is 1. The summed E-state index contributed by atoms with van der Waals surface area (Å²) < 4.78 is 0. The van der Waals surface area contributed by atoms with E-state index in [1.165, 1.54) is 0 Å². The molecule has 0 aliphatic rings. The lowest BCUT2D eigenvalue weighted by Gasteiger charge is -2.19. The Bertz CT molecular complexity index is 198. The highest BCUT2D eigenvalue weighted by molar-refractivity contribution is 6.10. The van der Waals surface area contributed by atoms with Gasteiger partial charge in [0.05, 0.1) is 0 Å². The van der Waals surface area contributed by atoms with Gasteiger partial charge in [0.15, 0.2) is 0 Å². The largest absolute Gasteiger partial charge is 0.292 e. The SMILES string of the molecule is C#CC(=N)C(=C)C(C)(C)C. The van der Waals surface area contributed by atoms with Crippen molar-refractivity contribution in [2.24, 2.45) is 5.41 Å². The number of allylic oxidation sites excluding steroid dienone is 1. The first-order chi connectivity index (χ1) is 4.39. The number of nitrogens with one attached hydrogen (secondary N) is 1. The molecule has 0 radical (unpaired) electrons. The van der Waals surface area contributed by atoms with Gasteiger partial charge in [-0.2, -0.15) is 0 Å². The van der Waals surface area contributed by atoms with Crippen LogP contribution in [0.15, 0.2) is 12.2 Å². The molecule has 1 nitrogen and oxygen atoms in total. The van der Waals surface area contributed by atoms with Crippen LogP contribution in [0.2, 0.25) is 0 Å². The molecule has 0 aromatic carbocycles. The van der Waals surface area contributed by atoms with Gasteiger partial charge in [-0.05, 0) is 11.0 Å². The standard InChI is InChI=1S/C9H13N/c1-6-8(10)7(2)9(3,4)5/h1,10H,2H2,3-5H3.